The van der Waals surface area contributed by atoms with Gasteiger partial charge in [0.25, 0.3) is 5.91 Å². The van der Waals surface area contributed by atoms with Gasteiger partial charge in [-0.3, -0.25) is 9.10 Å². The minimum absolute atomic E-state index is 0.0117. The molecule has 1 aliphatic heterocycles. The van der Waals surface area contributed by atoms with Crippen molar-refractivity contribution in [1.29, 1.82) is 0 Å². The van der Waals surface area contributed by atoms with Crippen LogP contribution in [0.3, 0.4) is 0 Å². The first-order valence-corrected chi connectivity index (χ1v) is 16.4. The van der Waals surface area contributed by atoms with Crippen LogP contribution in [0.25, 0.3) is 33.6 Å². The molecule has 1 atom stereocenters. The number of carbonyl (C=O) groups is 1. The molecule has 2 aliphatic rings. The van der Waals surface area contributed by atoms with Crippen LogP contribution in [0.15, 0.2) is 30.3 Å². The number of hydrogen-bond donors (Lipinski definition) is 1. The van der Waals surface area contributed by atoms with Crippen molar-refractivity contribution in [2.24, 2.45) is 18.7 Å². The van der Waals surface area contributed by atoms with Gasteiger partial charge in [-0.05, 0) is 75.8 Å². The summed E-state index contributed by atoms with van der Waals surface area (Å²) in [6.45, 7) is 5.66. The summed E-state index contributed by atoms with van der Waals surface area (Å²) in [4.78, 5) is 25.2. The third-order valence-corrected chi connectivity index (χ3v) is 9.62. The average molecular weight is 594 g/mol. The number of sulfonamides is 1. The smallest absolute Gasteiger partial charge is 0.254 e. The number of piperidine rings is 1. The topological polar surface area (TPSA) is 129 Å². The Labute approximate surface area is 246 Å². The number of carbonyl (C=O) groups excluding carboxylic acids is 1. The molecule has 6 rings (SSSR count). The monoisotopic (exact) mass is 593 g/mol. The largest absolute Gasteiger partial charge is 0.494 e. The van der Waals surface area contributed by atoms with Crippen LogP contribution >= 0.6 is 0 Å². The molecule has 1 saturated heterocycles. The van der Waals surface area contributed by atoms with Crippen LogP contribution < -0.4 is 14.8 Å². The Kier molecular flexibility index (Phi) is 7.17. The van der Waals surface area contributed by atoms with Gasteiger partial charge in [0.2, 0.25) is 10.0 Å². The van der Waals surface area contributed by atoms with Gasteiger partial charge in [0.15, 0.2) is 5.82 Å². The summed E-state index contributed by atoms with van der Waals surface area (Å²) in [6.07, 6.45) is 5.30. The summed E-state index contributed by atoms with van der Waals surface area (Å²) in [6, 6.07) is 9.08. The third-order valence-electron chi connectivity index (χ3n) is 8.29. The molecule has 0 spiro atoms. The van der Waals surface area contributed by atoms with Crippen molar-refractivity contribution < 1.29 is 17.9 Å². The van der Waals surface area contributed by atoms with Crippen molar-refractivity contribution >= 4 is 43.8 Å². The predicted molar refractivity (Wildman–Crippen MR) is 164 cm³/mol. The van der Waals surface area contributed by atoms with Gasteiger partial charge in [-0.15, -0.1) is 0 Å². The van der Waals surface area contributed by atoms with Crippen LogP contribution in [-0.2, 0) is 23.6 Å². The Balaban J connectivity index is 1.49. The van der Waals surface area contributed by atoms with Gasteiger partial charge in [-0.25, -0.2) is 18.4 Å². The Morgan fingerprint density at radius 2 is 1.93 bits per heavy atom. The second-order valence-electron chi connectivity index (χ2n) is 12.0. The van der Waals surface area contributed by atoms with Gasteiger partial charge < -0.3 is 24.5 Å². The van der Waals surface area contributed by atoms with Crippen molar-refractivity contribution in [3.8, 4) is 17.3 Å². The lowest BCUT2D eigenvalue weighted by molar-refractivity contribution is 0.0708. The maximum Gasteiger partial charge on any atom is 0.254 e. The van der Waals surface area contributed by atoms with Gasteiger partial charge in [0.05, 0.1) is 24.6 Å². The molecular formula is C30H39N7O4S. The second-order valence-corrected chi connectivity index (χ2v) is 13.9. The molecule has 0 radical (unpaired) electrons. The summed E-state index contributed by atoms with van der Waals surface area (Å²) in [5.74, 6) is 2.15. The molecule has 2 fully saturated rings. The molecule has 1 amide bonds. The molecule has 1 aromatic carbocycles. The molecule has 1 saturated carbocycles. The van der Waals surface area contributed by atoms with E-state index in [-0.39, 0.29) is 18.0 Å². The summed E-state index contributed by atoms with van der Waals surface area (Å²) >= 11 is 0. The van der Waals surface area contributed by atoms with Gasteiger partial charge >= 0.3 is 0 Å². The van der Waals surface area contributed by atoms with Crippen molar-refractivity contribution in [3.05, 3.63) is 35.9 Å². The summed E-state index contributed by atoms with van der Waals surface area (Å²) in [7, 11) is 0.0306. The molecule has 12 heteroatoms. The number of aromatic nitrogens is 4. The number of benzene rings is 1. The van der Waals surface area contributed by atoms with Gasteiger partial charge in [-0.2, -0.15) is 0 Å². The summed E-state index contributed by atoms with van der Waals surface area (Å²) in [5.41, 5.74) is 9.73. The number of methoxy groups -OCH3 is 1. The Morgan fingerprint density at radius 1 is 1.17 bits per heavy atom. The zero-order valence-corrected chi connectivity index (χ0v) is 25.7. The van der Waals surface area contributed by atoms with E-state index in [0.717, 1.165) is 60.3 Å². The SMILES string of the molecule is COc1cc(C(=O)N2CCC[C@@H](N)C2)cc2nc(-c3cc4ccc(N(C(C)C)S(C)(=O)=O)nc4n3CC3CC3)n(C)c12. The second kappa shape index (κ2) is 10.6. The minimum atomic E-state index is -3.52. The molecule has 224 valence electrons. The predicted octanol–water partition coefficient (Wildman–Crippen LogP) is 3.75. The molecule has 0 bridgehead atoms. The molecule has 2 N–H and O–H groups in total. The highest BCUT2D eigenvalue weighted by Crippen LogP contribution is 2.38. The number of amides is 1. The van der Waals surface area contributed by atoms with E-state index in [4.69, 9.17) is 20.4 Å². The number of hydrogen-bond acceptors (Lipinski definition) is 7. The number of anilines is 1. The van der Waals surface area contributed by atoms with Crippen LogP contribution in [0.2, 0.25) is 0 Å². The lowest BCUT2D eigenvalue weighted by Crippen LogP contribution is -2.45. The van der Waals surface area contributed by atoms with Gasteiger partial charge in [0, 0.05) is 49.7 Å². The highest BCUT2D eigenvalue weighted by molar-refractivity contribution is 7.92. The first kappa shape index (κ1) is 28.5. The lowest BCUT2D eigenvalue weighted by Gasteiger charge is -2.30. The molecule has 3 aromatic heterocycles. The number of imidazole rings is 1. The van der Waals surface area contributed by atoms with Crippen molar-refractivity contribution in [2.75, 3.05) is 30.8 Å². The molecule has 42 heavy (non-hydrogen) atoms. The van der Waals surface area contributed by atoms with E-state index in [1.54, 1.807) is 19.2 Å². The van der Waals surface area contributed by atoms with E-state index in [9.17, 15) is 13.2 Å². The standard InChI is InChI=1S/C30H39N7O4S/c1-18(2)37(42(5,39)40)26-11-10-20-14-24(36(28(20)33-26)16-19-8-9-19)29-32-23-13-21(15-25(41-4)27(23)34(29)3)30(38)35-12-6-7-22(31)17-35/h10-11,13-15,18-19,22H,6-9,12,16-17,31H2,1-5H3/t22-/m1/s1. The zero-order valence-electron chi connectivity index (χ0n) is 24.9. The number of nitrogens with zero attached hydrogens (tertiary/aromatic N) is 6. The Bertz CT molecular complexity index is 1790. The number of ether oxygens (including phenoxy) is 1. The minimum Gasteiger partial charge on any atom is -0.494 e. The van der Waals surface area contributed by atoms with Gasteiger partial charge in [-0.1, -0.05) is 0 Å². The molecule has 1 aliphatic carbocycles. The maximum absolute atomic E-state index is 13.4. The van der Waals surface area contributed by atoms with Gasteiger partial charge in [0.1, 0.15) is 22.7 Å². The van der Waals surface area contributed by atoms with Crippen molar-refractivity contribution in [1.82, 2.24) is 24.0 Å². The lowest BCUT2D eigenvalue weighted by atomic mass is 10.0. The van der Waals surface area contributed by atoms with Crippen LogP contribution in [-0.4, -0.2) is 76.9 Å². The van der Waals surface area contributed by atoms with Crippen molar-refractivity contribution in [3.63, 3.8) is 0 Å². The van der Waals surface area contributed by atoms with Crippen molar-refractivity contribution in [2.45, 2.75) is 58.2 Å². The number of nitrogens with two attached hydrogens (primary N) is 1. The van der Waals surface area contributed by atoms with E-state index in [1.807, 2.05) is 42.5 Å². The molecule has 4 heterocycles. The van der Waals surface area contributed by atoms with E-state index in [0.29, 0.717) is 41.7 Å². The fraction of sp³-hybridized carbons (Fsp3) is 0.500. The fourth-order valence-corrected chi connectivity index (χ4v) is 7.39. The highest BCUT2D eigenvalue weighted by atomic mass is 32.2. The average Bonchev–Trinajstić information content (AvgIpc) is 3.61. The van der Waals surface area contributed by atoms with E-state index in [1.165, 1.54) is 10.6 Å². The highest BCUT2D eigenvalue weighted by Gasteiger charge is 2.29. The first-order valence-electron chi connectivity index (χ1n) is 14.6. The number of aryl methyl sites for hydroxylation is 1. The van der Waals surface area contributed by atoms with Crippen LogP contribution in [0.1, 0.15) is 49.9 Å². The number of fused-ring (bicyclic) bond motifs is 2. The first-order chi connectivity index (χ1) is 20.0. The summed E-state index contributed by atoms with van der Waals surface area (Å²) in [5, 5.41) is 0.905. The van der Waals surface area contributed by atoms with E-state index >= 15 is 0 Å². The number of likely N-dealkylation sites (tertiary alicyclic amines) is 1. The molecule has 11 nitrogen and oxygen atoms in total. The number of pyridine rings is 1. The van der Waals surface area contributed by atoms with Crippen LogP contribution in [0, 0.1) is 5.92 Å². The zero-order chi connectivity index (χ0) is 29.9. The van der Waals surface area contributed by atoms with E-state index in [2.05, 4.69) is 10.6 Å². The maximum atomic E-state index is 13.4. The Morgan fingerprint density at radius 3 is 2.57 bits per heavy atom. The molecule has 4 aromatic rings. The fourth-order valence-electron chi connectivity index (χ4n) is 6.18. The third kappa shape index (κ3) is 5.11. The van der Waals surface area contributed by atoms with E-state index < -0.39 is 10.0 Å². The molecule has 0 unspecified atom stereocenters. The Hall–Kier alpha value is -3.64. The quantitative estimate of drug-likeness (QED) is 0.330. The van der Waals surface area contributed by atoms with Crippen LogP contribution in [0.5, 0.6) is 5.75 Å². The molecular weight excluding hydrogens is 554 g/mol. The normalized spacial score (nSPS) is 17.9. The van der Waals surface area contributed by atoms with Crippen LogP contribution in [0.4, 0.5) is 5.82 Å². The summed E-state index contributed by atoms with van der Waals surface area (Å²) < 4.78 is 36.5. The number of rotatable bonds is 8.